The van der Waals surface area contributed by atoms with Crippen molar-refractivity contribution in [3.8, 4) is 0 Å². The highest BCUT2D eigenvalue weighted by Gasteiger charge is 2.30. The van der Waals surface area contributed by atoms with E-state index in [1.54, 1.807) is 6.07 Å². The van der Waals surface area contributed by atoms with Crippen LogP contribution in [0.4, 0.5) is 18.9 Å². The fourth-order valence-electron chi connectivity index (χ4n) is 3.35. The minimum atomic E-state index is -4.37. The number of halogens is 3. The van der Waals surface area contributed by atoms with E-state index in [9.17, 15) is 13.2 Å². The van der Waals surface area contributed by atoms with Gasteiger partial charge in [0.2, 0.25) is 0 Å². The lowest BCUT2D eigenvalue weighted by Crippen LogP contribution is -2.49. The van der Waals surface area contributed by atoms with E-state index in [1.807, 2.05) is 23.6 Å². The van der Waals surface area contributed by atoms with Gasteiger partial charge < -0.3 is 10.2 Å². The summed E-state index contributed by atoms with van der Waals surface area (Å²) >= 11 is 5.41. The zero-order valence-electron chi connectivity index (χ0n) is 16.2. The molecule has 0 amide bonds. The SMILES string of the molecule is Cc1nn(C)c(C)c1CN1CCN(C(=S)Nc2cccc(C(F)(F)F)c2)CC1. The van der Waals surface area contributed by atoms with Crippen molar-refractivity contribution in [2.45, 2.75) is 26.6 Å². The van der Waals surface area contributed by atoms with Crippen LogP contribution in [-0.2, 0) is 19.8 Å². The van der Waals surface area contributed by atoms with Crippen LogP contribution >= 0.6 is 12.2 Å². The number of hydrogen-bond donors (Lipinski definition) is 1. The van der Waals surface area contributed by atoms with E-state index in [0.29, 0.717) is 10.8 Å². The topological polar surface area (TPSA) is 36.3 Å². The van der Waals surface area contributed by atoms with Crippen molar-refractivity contribution in [2.75, 3.05) is 31.5 Å². The van der Waals surface area contributed by atoms with Gasteiger partial charge in [0.15, 0.2) is 5.11 Å². The largest absolute Gasteiger partial charge is 0.416 e. The molecule has 9 heteroatoms. The summed E-state index contributed by atoms with van der Waals surface area (Å²) < 4.78 is 40.5. The number of aryl methyl sites for hydroxylation is 2. The minimum Gasteiger partial charge on any atom is -0.346 e. The minimum absolute atomic E-state index is 0.351. The molecule has 0 atom stereocenters. The van der Waals surface area contributed by atoms with Gasteiger partial charge in [-0.25, -0.2) is 0 Å². The van der Waals surface area contributed by atoms with E-state index in [4.69, 9.17) is 12.2 Å². The lowest BCUT2D eigenvalue weighted by atomic mass is 10.1. The molecule has 1 aromatic heterocycles. The van der Waals surface area contributed by atoms with Crippen molar-refractivity contribution in [3.63, 3.8) is 0 Å². The molecule has 28 heavy (non-hydrogen) atoms. The maximum atomic E-state index is 12.9. The highest BCUT2D eigenvalue weighted by molar-refractivity contribution is 7.80. The molecule has 0 spiro atoms. The predicted octanol–water partition coefficient (Wildman–Crippen LogP) is 3.57. The first-order valence-electron chi connectivity index (χ1n) is 9.10. The molecule has 0 radical (unpaired) electrons. The number of alkyl halides is 3. The highest BCUT2D eigenvalue weighted by Crippen LogP contribution is 2.30. The first kappa shape index (κ1) is 20.6. The predicted molar refractivity (Wildman–Crippen MR) is 107 cm³/mol. The second kappa shape index (κ2) is 8.08. The molecule has 0 bridgehead atoms. The molecular formula is C19H24F3N5S. The zero-order valence-corrected chi connectivity index (χ0v) is 17.0. The van der Waals surface area contributed by atoms with Gasteiger partial charge >= 0.3 is 6.18 Å². The summed E-state index contributed by atoms with van der Waals surface area (Å²) in [5.41, 5.74) is 3.13. The van der Waals surface area contributed by atoms with Gasteiger partial charge in [0.25, 0.3) is 0 Å². The Morgan fingerprint density at radius 2 is 1.86 bits per heavy atom. The highest BCUT2D eigenvalue weighted by atomic mass is 32.1. The van der Waals surface area contributed by atoms with Gasteiger partial charge in [-0.15, -0.1) is 0 Å². The third kappa shape index (κ3) is 4.64. The van der Waals surface area contributed by atoms with Gasteiger partial charge in [0.1, 0.15) is 0 Å². The average molecular weight is 411 g/mol. The second-order valence-corrected chi connectivity index (χ2v) is 7.43. The van der Waals surface area contributed by atoms with Crippen molar-refractivity contribution in [2.24, 2.45) is 7.05 Å². The van der Waals surface area contributed by atoms with E-state index in [1.165, 1.54) is 17.3 Å². The Labute approximate surface area is 168 Å². The van der Waals surface area contributed by atoms with Gasteiger partial charge in [-0.1, -0.05) is 6.07 Å². The van der Waals surface area contributed by atoms with Crippen LogP contribution in [0.1, 0.15) is 22.5 Å². The average Bonchev–Trinajstić information content (AvgIpc) is 2.88. The summed E-state index contributed by atoms with van der Waals surface area (Å²) in [5, 5.41) is 7.85. The summed E-state index contributed by atoms with van der Waals surface area (Å²) in [6.07, 6.45) is -4.37. The molecule has 1 N–H and O–H groups in total. The van der Waals surface area contributed by atoms with E-state index in [0.717, 1.165) is 50.6 Å². The molecule has 0 saturated carbocycles. The number of nitrogens with zero attached hydrogens (tertiary/aromatic N) is 4. The molecule has 3 rings (SSSR count). The van der Waals surface area contributed by atoms with Crippen LogP contribution in [0, 0.1) is 13.8 Å². The van der Waals surface area contributed by atoms with Crippen LogP contribution in [-0.4, -0.2) is 50.9 Å². The van der Waals surface area contributed by atoms with Crippen LogP contribution in [0.3, 0.4) is 0 Å². The van der Waals surface area contributed by atoms with Crippen LogP contribution in [0.25, 0.3) is 0 Å². The third-order valence-corrected chi connectivity index (χ3v) is 5.50. The molecule has 0 aliphatic carbocycles. The molecule has 1 saturated heterocycles. The van der Waals surface area contributed by atoms with Crippen molar-refractivity contribution < 1.29 is 13.2 Å². The summed E-state index contributed by atoms with van der Waals surface area (Å²) in [7, 11) is 1.95. The first-order valence-corrected chi connectivity index (χ1v) is 9.50. The van der Waals surface area contributed by atoms with Crippen LogP contribution in [0.2, 0.25) is 0 Å². The maximum absolute atomic E-state index is 12.9. The fourth-order valence-corrected chi connectivity index (χ4v) is 3.66. The molecule has 0 unspecified atom stereocenters. The van der Waals surface area contributed by atoms with Crippen molar-refractivity contribution in [1.82, 2.24) is 19.6 Å². The molecule has 1 aromatic carbocycles. The summed E-state index contributed by atoms with van der Waals surface area (Å²) in [5.74, 6) is 0. The van der Waals surface area contributed by atoms with Gasteiger partial charge in [-0.3, -0.25) is 9.58 Å². The zero-order chi connectivity index (χ0) is 20.5. The molecular weight excluding hydrogens is 387 g/mol. The third-order valence-electron chi connectivity index (χ3n) is 5.14. The van der Waals surface area contributed by atoms with Crippen LogP contribution < -0.4 is 5.32 Å². The van der Waals surface area contributed by atoms with Crippen molar-refractivity contribution in [1.29, 1.82) is 0 Å². The lowest BCUT2D eigenvalue weighted by molar-refractivity contribution is -0.137. The number of benzene rings is 1. The fraction of sp³-hybridized carbons (Fsp3) is 0.474. The number of thiocarbonyl (C=S) groups is 1. The normalized spacial score (nSPS) is 15.7. The molecule has 2 aromatic rings. The molecule has 5 nitrogen and oxygen atoms in total. The lowest BCUT2D eigenvalue weighted by Gasteiger charge is -2.36. The molecule has 1 aliphatic heterocycles. The van der Waals surface area contributed by atoms with Crippen molar-refractivity contribution >= 4 is 23.0 Å². The number of piperazine rings is 1. The quantitative estimate of drug-likeness (QED) is 0.782. The first-order chi connectivity index (χ1) is 13.1. The Bertz CT molecular complexity index is 854. The van der Waals surface area contributed by atoms with E-state index in [2.05, 4.69) is 22.2 Å². The molecule has 1 fully saturated rings. The Morgan fingerprint density at radius 3 is 2.43 bits per heavy atom. The molecule has 152 valence electrons. The number of nitrogens with one attached hydrogen (secondary N) is 1. The van der Waals surface area contributed by atoms with E-state index >= 15 is 0 Å². The standard InChI is InChI=1S/C19H24F3N5S/c1-13-17(14(2)25(3)24-13)12-26-7-9-27(10-8-26)18(28)23-16-6-4-5-15(11-16)19(20,21)22/h4-6,11H,7-10,12H2,1-3H3,(H,23,28). The van der Waals surface area contributed by atoms with Gasteiger partial charge in [0.05, 0.1) is 11.3 Å². The van der Waals surface area contributed by atoms with E-state index < -0.39 is 11.7 Å². The molecule has 2 heterocycles. The van der Waals surface area contributed by atoms with Gasteiger partial charge in [-0.2, -0.15) is 18.3 Å². The number of rotatable bonds is 3. The van der Waals surface area contributed by atoms with Gasteiger partial charge in [-0.05, 0) is 44.3 Å². The number of anilines is 1. The van der Waals surface area contributed by atoms with Gasteiger partial charge in [0, 0.05) is 56.7 Å². The van der Waals surface area contributed by atoms with E-state index in [-0.39, 0.29) is 0 Å². The second-order valence-electron chi connectivity index (χ2n) is 7.04. The summed E-state index contributed by atoms with van der Waals surface area (Å²) in [6, 6.07) is 5.10. The molecule has 1 aliphatic rings. The Kier molecular flexibility index (Phi) is 5.95. The number of aromatic nitrogens is 2. The summed E-state index contributed by atoms with van der Waals surface area (Å²) in [4.78, 5) is 4.34. The maximum Gasteiger partial charge on any atom is 0.416 e. The Hall–Kier alpha value is -2.13. The van der Waals surface area contributed by atoms with Crippen LogP contribution in [0.15, 0.2) is 24.3 Å². The van der Waals surface area contributed by atoms with Crippen LogP contribution in [0.5, 0.6) is 0 Å². The van der Waals surface area contributed by atoms with Crippen molar-refractivity contribution in [3.05, 3.63) is 46.8 Å². The monoisotopic (exact) mass is 411 g/mol. The Balaban J connectivity index is 1.55. The smallest absolute Gasteiger partial charge is 0.346 e. The number of hydrogen-bond acceptors (Lipinski definition) is 3. The Morgan fingerprint density at radius 1 is 1.18 bits per heavy atom. The summed E-state index contributed by atoms with van der Waals surface area (Å²) in [6.45, 7) is 8.04.